The Morgan fingerprint density at radius 1 is 1.09 bits per heavy atom. The van der Waals surface area contributed by atoms with Gasteiger partial charge < -0.3 is 20.7 Å². The molecule has 1 aliphatic heterocycles. The van der Waals surface area contributed by atoms with Gasteiger partial charge in [0.15, 0.2) is 5.78 Å². The molecule has 2 heterocycles. The van der Waals surface area contributed by atoms with Crippen molar-refractivity contribution in [3.8, 4) is 11.5 Å². The molecule has 9 heteroatoms. The van der Waals surface area contributed by atoms with Crippen LogP contribution in [0.2, 0.25) is 0 Å². The molecule has 1 aromatic heterocycles. The predicted octanol–water partition coefficient (Wildman–Crippen LogP) is 3.72. The molecule has 0 unspecified atom stereocenters. The van der Waals surface area contributed by atoms with Gasteiger partial charge in [-0.1, -0.05) is 18.2 Å². The molecule has 1 aliphatic rings. The molecule has 33 heavy (non-hydrogen) atoms. The molecule has 3 aromatic rings. The number of carbonyl (C=O) groups is 2. The van der Waals surface area contributed by atoms with E-state index in [1.54, 1.807) is 29.2 Å². The van der Waals surface area contributed by atoms with Crippen LogP contribution in [-0.4, -0.2) is 51.6 Å². The average Bonchev–Trinajstić information content (AvgIpc) is 3.32. The van der Waals surface area contributed by atoms with Gasteiger partial charge in [-0.3, -0.25) is 9.59 Å². The first-order valence-corrected chi connectivity index (χ1v) is 11.2. The van der Waals surface area contributed by atoms with Gasteiger partial charge in [0, 0.05) is 24.7 Å². The Morgan fingerprint density at radius 2 is 1.82 bits per heavy atom. The summed E-state index contributed by atoms with van der Waals surface area (Å²) in [4.78, 5) is 35.3. The minimum Gasteiger partial charge on any atom is -0.457 e. The zero-order chi connectivity index (χ0) is 23.2. The summed E-state index contributed by atoms with van der Waals surface area (Å²) in [6, 6.07) is 16.2. The van der Waals surface area contributed by atoms with Crippen molar-refractivity contribution >= 4 is 34.9 Å². The van der Waals surface area contributed by atoms with E-state index >= 15 is 0 Å². The highest BCUT2D eigenvalue weighted by molar-refractivity contribution is 6.27. The zero-order valence-corrected chi connectivity index (χ0v) is 18.7. The number of amides is 1. The molecule has 170 valence electrons. The molecule has 1 amide bonds. The maximum absolute atomic E-state index is 13.2. The third-order valence-electron chi connectivity index (χ3n) is 5.52. The van der Waals surface area contributed by atoms with Gasteiger partial charge in [-0.25, -0.2) is 9.97 Å². The Hall–Kier alpha value is -3.65. The maximum Gasteiger partial charge on any atom is 0.237 e. The fourth-order valence-electron chi connectivity index (χ4n) is 3.87. The molecule has 0 bridgehead atoms. The van der Waals surface area contributed by atoms with Gasteiger partial charge in [0.2, 0.25) is 5.91 Å². The lowest BCUT2D eigenvalue weighted by Crippen LogP contribution is -2.40. The number of carbonyl (C=O) groups excluding carboxylic acids is 2. The van der Waals surface area contributed by atoms with Crippen LogP contribution in [0.3, 0.4) is 0 Å². The van der Waals surface area contributed by atoms with E-state index in [2.05, 4.69) is 15.3 Å². The fraction of sp³-hybridized carbons (Fsp3) is 0.250. The van der Waals surface area contributed by atoms with E-state index in [-0.39, 0.29) is 35.0 Å². The van der Waals surface area contributed by atoms with Crippen molar-refractivity contribution in [1.82, 2.24) is 14.9 Å². The van der Waals surface area contributed by atoms with E-state index in [0.717, 1.165) is 12.8 Å². The highest BCUT2D eigenvalue weighted by Gasteiger charge is 2.28. The summed E-state index contributed by atoms with van der Waals surface area (Å²) in [7, 11) is 0. The van der Waals surface area contributed by atoms with Gasteiger partial charge in [-0.2, -0.15) is 0 Å². The summed E-state index contributed by atoms with van der Waals surface area (Å²) >= 11 is 5.72. The summed E-state index contributed by atoms with van der Waals surface area (Å²) < 4.78 is 5.79. The molecule has 2 aromatic carbocycles. The molecule has 0 aliphatic carbocycles. The summed E-state index contributed by atoms with van der Waals surface area (Å²) in [5.74, 6) is 1.28. The van der Waals surface area contributed by atoms with Crippen LogP contribution in [0, 0.1) is 0 Å². The number of benzene rings is 2. The van der Waals surface area contributed by atoms with Crippen LogP contribution in [-0.2, 0) is 4.79 Å². The second kappa shape index (κ2) is 10.3. The third kappa shape index (κ3) is 5.23. The Kier molecular flexibility index (Phi) is 7.04. The van der Waals surface area contributed by atoms with Crippen LogP contribution < -0.4 is 15.8 Å². The summed E-state index contributed by atoms with van der Waals surface area (Å²) in [6.07, 6.45) is 3.06. The van der Waals surface area contributed by atoms with Gasteiger partial charge in [0.05, 0.1) is 0 Å². The molecule has 1 atom stereocenters. The smallest absolute Gasteiger partial charge is 0.237 e. The van der Waals surface area contributed by atoms with Crippen molar-refractivity contribution in [2.75, 3.05) is 30.0 Å². The molecule has 3 N–H and O–H groups in total. The first-order valence-electron chi connectivity index (χ1n) is 10.6. The highest BCUT2D eigenvalue weighted by atomic mass is 35.5. The normalized spacial score (nSPS) is 15.3. The number of alkyl halides is 1. The standard InChI is InChI=1S/C24H24ClN5O3/c25-13-20(31)30-12-4-5-17(30)14-27-24-21(23(26)28-15-29-24)22(32)16-8-10-19(11-9-16)33-18-6-2-1-3-7-18/h1-3,6-11,15,17H,4-5,12-14H2,(H3,26,27,28,29)/t17-/m0/s1. The molecule has 4 rings (SSSR count). The quantitative estimate of drug-likeness (QED) is 0.385. The van der Waals surface area contributed by atoms with Crippen molar-refractivity contribution in [2.24, 2.45) is 0 Å². The number of aromatic nitrogens is 2. The zero-order valence-electron chi connectivity index (χ0n) is 17.9. The number of nitrogen functional groups attached to an aromatic ring is 1. The lowest BCUT2D eigenvalue weighted by Gasteiger charge is -2.24. The number of nitrogens with zero attached hydrogens (tertiary/aromatic N) is 3. The van der Waals surface area contributed by atoms with Gasteiger partial charge in [-0.15, -0.1) is 11.6 Å². The summed E-state index contributed by atoms with van der Waals surface area (Å²) in [5.41, 5.74) is 6.68. The van der Waals surface area contributed by atoms with Gasteiger partial charge >= 0.3 is 0 Å². The average molecular weight is 466 g/mol. The van der Waals surface area contributed by atoms with E-state index in [0.29, 0.717) is 36.0 Å². The maximum atomic E-state index is 13.2. The van der Waals surface area contributed by atoms with Crippen molar-refractivity contribution in [3.05, 3.63) is 72.1 Å². The van der Waals surface area contributed by atoms with E-state index in [4.69, 9.17) is 22.1 Å². The van der Waals surface area contributed by atoms with Crippen LogP contribution in [0.5, 0.6) is 11.5 Å². The second-order valence-corrected chi connectivity index (χ2v) is 7.92. The number of para-hydroxylation sites is 1. The van der Waals surface area contributed by atoms with Crippen LogP contribution in [0.15, 0.2) is 60.9 Å². The first-order chi connectivity index (χ1) is 16.1. The second-order valence-electron chi connectivity index (χ2n) is 7.65. The summed E-state index contributed by atoms with van der Waals surface area (Å²) in [5, 5.41) is 3.19. The van der Waals surface area contributed by atoms with E-state index in [1.165, 1.54) is 6.33 Å². The minimum absolute atomic E-state index is 0.0233. The van der Waals surface area contributed by atoms with Crippen molar-refractivity contribution in [2.45, 2.75) is 18.9 Å². The van der Waals surface area contributed by atoms with Gasteiger partial charge in [-0.05, 0) is 49.2 Å². The Labute approximate surface area is 196 Å². The molecular formula is C24H24ClN5O3. The number of hydrogen-bond acceptors (Lipinski definition) is 7. The number of ketones is 1. The summed E-state index contributed by atoms with van der Waals surface area (Å²) in [6.45, 7) is 1.11. The lowest BCUT2D eigenvalue weighted by atomic mass is 10.0. The third-order valence-corrected chi connectivity index (χ3v) is 5.74. The Morgan fingerprint density at radius 3 is 2.55 bits per heavy atom. The molecular weight excluding hydrogens is 442 g/mol. The van der Waals surface area contributed by atoms with E-state index in [1.807, 2.05) is 30.3 Å². The monoisotopic (exact) mass is 465 g/mol. The number of hydrogen-bond donors (Lipinski definition) is 2. The van der Waals surface area contributed by atoms with E-state index in [9.17, 15) is 9.59 Å². The van der Waals surface area contributed by atoms with Crippen molar-refractivity contribution in [1.29, 1.82) is 0 Å². The predicted molar refractivity (Wildman–Crippen MR) is 127 cm³/mol. The molecule has 1 saturated heterocycles. The SMILES string of the molecule is Nc1ncnc(NC[C@@H]2CCCN2C(=O)CCl)c1C(=O)c1ccc(Oc2ccccc2)cc1. The first kappa shape index (κ1) is 22.5. The minimum atomic E-state index is -0.304. The van der Waals surface area contributed by atoms with Crippen molar-refractivity contribution < 1.29 is 14.3 Å². The largest absolute Gasteiger partial charge is 0.457 e. The number of likely N-dealkylation sites (tertiary alicyclic amines) is 1. The fourth-order valence-corrected chi connectivity index (χ4v) is 4.02. The number of rotatable bonds is 8. The number of nitrogens with one attached hydrogen (secondary N) is 1. The number of ether oxygens (including phenoxy) is 1. The van der Waals surface area contributed by atoms with Crippen LogP contribution in [0.25, 0.3) is 0 Å². The molecule has 0 saturated carbocycles. The molecule has 0 radical (unpaired) electrons. The topological polar surface area (TPSA) is 110 Å². The number of halogens is 1. The highest BCUT2D eigenvalue weighted by Crippen LogP contribution is 2.26. The van der Waals surface area contributed by atoms with Gasteiger partial charge in [0.25, 0.3) is 0 Å². The van der Waals surface area contributed by atoms with Crippen molar-refractivity contribution in [3.63, 3.8) is 0 Å². The number of nitrogens with two attached hydrogens (primary N) is 1. The van der Waals surface area contributed by atoms with Gasteiger partial charge in [0.1, 0.15) is 40.9 Å². The molecule has 1 fully saturated rings. The van der Waals surface area contributed by atoms with Crippen LogP contribution in [0.1, 0.15) is 28.8 Å². The Balaban J connectivity index is 1.49. The molecule has 0 spiro atoms. The number of anilines is 2. The van der Waals surface area contributed by atoms with E-state index < -0.39 is 0 Å². The van der Waals surface area contributed by atoms with Crippen LogP contribution >= 0.6 is 11.6 Å². The molecule has 8 nitrogen and oxygen atoms in total. The lowest BCUT2D eigenvalue weighted by molar-refractivity contribution is -0.129. The van der Waals surface area contributed by atoms with Crippen LogP contribution in [0.4, 0.5) is 11.6 Å². The Bertz CT molecular complexity index is 1120.